The van der Waals surface area contributed by atoms with E-state index >= 15 is 0 Å². The lowest BCUT2D eigenvalue weighted by Gasteiger charge is -2.07. The fraction of sp³-hybridized carbons (Fsp3) is 0.0952. The van der Waals surface area contributed by atoms with Gasteiger partial charge < -0.3 is 5.32 Å². The SMILES string of the molecule is CC(=O)C(=CNc1cc(-c2ccccc2)nn1-c1ccccc1)C(C)=O. The lowest BCUT2D eigenvalue weighted by Crippen LogP contribution is -2.09. The second-order valence-electron chi connectivity index (χ2n) is 5.84. The molecule has 1 aromatic heterocycles. The maximum Gasteiger partial charge on any atom is 0.164 e. The van der Waals surface area contributed by atoms with Gasteiger partial charge >= 0.3 is 0 Å². The molecule has 2 aromatic carbocycles. The maximum atomic E-state index is 11.6. The Bertz CT molecular complexity index is 941. The van der Waals surface area contributed by atoms with Crippen molar-refractivity contribution in [2.24, 2.45) is 0 Å². The highest BCUT2D eigenvalue weighted by molar-refractivity contribution is 6.18. The lowest BCUT2D eigenvalue weighted by atomic mass is 10.1. The highest BCUT2D eigenvalue weighted by atomic mass is 16.1. The second kappa shape index (κ2) is 7.61. The number of nitrogens with zero attached hydrogens (tertiary/aromatic N) is 2. The Balaban J connectivity index is 2.05. The summed E-state index contributed by atoms with van der Waals surface area (Å²) in [5, 5.41) is 7.73. The summed E-state index contributed by atoms with van der Waals surface area (Å²) < 4.78 is 1.75. The van der Waals surface area contributed by atoms with E-state index in [1.165, 1.54) is 20.0 Å². The fourth-order valence-corrected chi connectivity index (χ4v) is 2.60. The third-order valence-corrected chi connectivity index (χ3v) is 3.90. The van der Waals surface area contributed by atoms with Crippen LogP contribution in [0.2, 0.25) is 0 Å². The maximum absolute atomic E-state index is 11.6. The first kappa shape index (κ1) is 17.4. The van der Waals surface area contributed by atoms with Crippen molar-refractivity contribution in [1.29, 1.82) is 0 Å². The molecular weight excluding hydrogens is 326 g/mol. The van der Waals surface area contributed by atoms with E-state index in [4.69, 9.17) is 0 Å². The summed E-state index contributed by atoms with van der Waals surface area (Å²) in [5.41, 5.74) is 2.76. The standard InChI is InChI=1S/C21H19N3O2/c1-15(25)19(16(2)26)14-22-21-13-20(17-9-5-3-6-10-17)23-24(21)18-11-7-4-8-12-18/h3-14,22H,1-2H3. The molecule has 0 aliphatic heterocycles. The molecule has 0 saturated heterocycles. The Morgan fingerprint density at radius 2 is 1.50 bits per heavy atom. The molecule has 0 radical (unpaired) electrons. The summed E-state index contributed by atoms with van der Waals surface area (Å²) in [5.74, 6) is 0.105. The van der Waals surface area contributed by atoms with E-state index < -0.39 is 0 Å². The van der Waals surface area contributed by atoms with E-state index in [1.807, 2.05) is 66.7 Å². The summed E-state index contributed by atoms with van der Waals surface area (Å²) in [6.45, 7) is 2.75. The Kier molecular flexibility index (Phi) is 5.08. The molecule has 130 valence electrons. The van der Waals surface area contributed by atoms with Gasteiger partial charge in [-0.25, -0.2) is 4.68 Å². The normalized spacial score (nSPS) is 10.2. The molecular formula is C21H19N3O2. The number of hydrogen-bond donors (Lipinski definition) is 1. The average Bonchev–Trinajstić information content (AvgIpc) is 3.07. The number of carbonyl (C=O) groups excluding carboxylic acids is 2. The highest BCUT2D eigenvalue weighted by Crippen LogP contribution is 2.24. The largest absolute Gasteiger partial charge is 0.346 e. The van der Waals surface area contributed by atoms with E-state index in [1.54, 1.807) is 4.68 Å². The number of aromatic nitrogens is 2. The van der Waals surface area contributed by atoms with Crippen LogP contribution >= 0.6 is 0 Å². The molecule has 0 unspecified atom stereocenters. The first-order valence-electron chi connectivity index (χ1n) is 8.26. The van der Waals surface area contributed by atoms with Crippen molar-refractivity contribution >= 4 is 17.4 Å². The number of rotatable bonds is 6. The first-order chi connectivity index (χ1) is 12.6. The molecule has 1 N–H and O–H groups in total. The Labute approximate surface area is 152 Å². The monoisotopic (exact) mass is 345 g/mol. The molecule has 0 spiro atoms. The third kappa shape index (κ3) is 3.78. The number of carbonyl (C=O) groups is 2. The lowest BCUT2D eigenvalue weighted by molar-refractivity contribution is -0.119. The number of anilines is 1. The van der Waals surface area contributed by atoms with Gasteiger partial charge in [0.15, 0.2) is 11.6 Å². The summed E-state index contributed by atoms with van der Waals surface area (Å²) in [6, 6.07) is 21.4. The summed E-state index contributed by atoms with van der Waals surface area (Å²) in [6.07, 6.45) is 1.44. The number of allylic oxidation sites excluding steroid dienone is 1. The van der Waals surface area contributed by atoms with Gasteiger partial charge in [-0.05, 0) is 26.0 Å². The Hall–Kier alpha value is -3.47. The number of ketones is 2. The average molecular weight is 345 g/mol. The smallest absolute Gasteiger partial charge is 0.164 e. The van der Waals surface area contributed by atoms with E-state index in [-0.39, 0.29) is 17.1 Å². The van der Waals surface area contributed by atoms with E-state index in [2.05, 4.69) is 10.4 Å². The van der Waals surface area contributed by atoms with Gasteiger partial charge in [-0.2, -0.15) is 5.10 Å². The van der Waals surface area contributed by atoms with Crippen LogP contribution in [0.5, 0.6) is 0 Å². The predicted molar refractivity (Wildman–Crippen MR) is 102 cm³/mol. The van der Waals surface area contributed by atoms with Crippen LogP contribution in [-0.4, -0.2) is 21.3 Å². The first-order valence-corrected chi connectivity index (χ1v) is 8.26. The highest BCUT2D eigenvalue weighted by Gasteiger charge is 2.13. The van der Waals surface area contributed by atoms with Crippen LogP contribution in [-0.2, 0) is 9.59 Å². The molecule has 5 heteroatoms. The van der Waals surface area contributed by atoms with E-state index in [0.29, 0.717) is 5.82 Å². The van der Waals surface area contributed by atoms with Crippen molar-refractivity contribution in [2.75, 3.05) is 5.32 Å². The van der Waals surface area contributed by atoms with Crippen molar-refractivity contribution < 1.29 is 9.59 Å². The Morgan fingerprint density at radius 1 is 0.923 bits per heavy atom. The van der Waals surface area contributed by atoms with Gasteiger partial charge in [0.2, 0.25) is 0 Å². The molecule has 26 heavy (non-hydrogen) atoms. The Morgan fingerprint density at radius 3 is 2.08 bits per heavy atom. The summed E-state index contributed by atoms with van der Waals surface area (Å²) >= 11 is 0. The molecule has 3 aromatic rings. The van der Waals surface area contributed by atoms with E-state index in [0.717, 1.165) is 16.9 Å². The molecule has 0 aliphatic rings. The van der Waals surface area contributed by atoms with Crippen molar-refractivity contribution in [3.05, 3.63) is 78.5 Å². The molecule has 0 atom stereocenters. The summed E-state index contributed by atoms with van der Waals surface area (Å²) in [4.78, 5) is 23.3. The zero-order valence-electron chi connectivity index (χ0n) is 14.6. The number of nitrogens with one attached hydrogen (secondary N) is 1. The topological polar surface area (TPSA) is 64.0 Å². The molecule has 0 aliphatic carbocycles. The molecule has 1 heterocycles. The van der Waals surface area contributed by atoms with Crippen molar-refractivity contribution in [2.45, 2.75) is 13.8 Å². The molecule has 0 amide bonds. The molecule has 5 nitrogen and oxygen atoms in total. The van der Waals surface area contributed by atoms with Crippen LogP contribution in [0.4, 0.5) is 5.82 Å². The number of para-hydroxylation sites is 1. The van der Waals surface area contributed by atoms with Gasteiger partial charge in [0, 0.05) is 17.8 Å². The fourth-order valence-electron chi connectivity index (χ4n) is 2.60. The molecule has 0 saturated carbocycles. The minimum absolute atomic E-state index is 0.118. The quantitative estimate of drug-likeness (QED) is 0.416. The predicted octanol–water partition coefficient (Wildman–Crippen LogP) is 4.01. The van der Waals surface area contributed by atoms with Gasteiger partial charge in [0.1, 0.15) is 5.82 Å². The van der Waals surface area contributed by atoms with Crippen LogP contribution in [0.15, 0.2) is 78.5 Å². The van der Waals surface area contributed by atoms with Crippen LogP contribution in [0.25, 0.3) is 16.9 Å². The van der Waals surface area contributed by atoms with Crippen molar-refractivity contribution in [1.82, 2.24) is 9.78 Å². The summed E-state index contributed by atoms with van der Waals surface area (Å²) in [7, 11) is 0. The molecule has 3 rings (SSSR count). The van der Waals surface area contributed by atoms with Gasteiger partial charge in [-0.3, -0.25) is 9.59 Å². The minimum atomic E-state index is -0.279. The number of Topliss-reactive ketones (excluding diaryl/α,β-unsaturated/α-hetero) is 2. The van der Waals surface area contributed by atoms with Gasteiger partial charge in [-0.15, -0.1) is 0 Å². The van der Waals surface area contributed by atoms with Crippen molar-refractivity contribution in [3.8, 4) is 16.9 Å². The molecule has 0 fully saturated rings. The van der Waals surface area contributed by atoms with Crippen molar-refractivity contribution in [3.63, 3.8) is 0 Å². The van der Waals surface area contributed by atoms with Crippen LogP contribution in [0.3, 0.4) is 0 Å². The third-order valence-electron chi connectivity index (χ3n) is 3.90. The van der Waals surface area contributed by atoms with Crippen LogP contribution in [0.1, 0.15) is 13.8 Å². The van der Waals surface area contributed by atoms with E-state index in [9.17, 15) is 9.59 Å². The van der Waals surface area contributed by atoms with Crippen LogP contribution < -0.4 is 5.32 Å². The molecule has 0 bridgehead atoms. The minimum Gasteiger partial charge on any atom is -0.346 e. The van der Waals surface area contributed by atoms with Gasteiger partial charge in [0.05, 0.1) is 17.0 Å². The van der Waals surface area contributed by atoms with Gasteiger partial charge in [0.25, 0.3) is 0 Å². The van der Waals surface area contributed by atoms with Crippen LogP contribution in [0, 0.1) is 0 Å². The van der Waals surface area contributed by atoms with Gasteiger partial charge in [-0.1, -0.05) is 48.5 Å². The number of hydrogen-bond acceptors (Lipinski definition) is 4. The second-order valence-corrected chi connectivity index (χ2v) is 5.84. The zero-order valence-corrected chi connectivity index (χ0v) is 14.6. The zero-order chi connectivity index (χ0) is 18.5. The number of benzene rings is 2.